The highest BCUT2D eigenvalue weighted by atomic mass is 32.2. The molecule has 0 unspecified atom stereocenters. The topological polar surface area (TPSA) is 25.0 Å². The largest absolute Gasteiger partial charge is 0.497 e. The Morgan fingerprint density at radius 3 is 2.35 bits per heavy atom. The summed E-state index contributed by atoms with van der Waals surface area (Å²) in [5.74, 6) is 0.877. The van der Waals surface area contributed by atoms with Crippen LogP contribution in [0.15, 0.2) is 82.6 Å². The van der Waals surface area contributed by atoms with Crippen molar-refractivity contribution in [2.75, 3.05) is 7.11 Å². The third kappa shape index (κ3) is 2.61. The zero-order valence-electron chi connectivity index (χ0n) is 14.2. The van der Waals surface area contributed by atoms with Gasteiger partial charge in [0.25, 0.3) is 0 Å². The maximum Gasteiger partial charge on any atom is 0.119 e. The van der Waals surface area contributed by atoms with Crippen LogP contribution in [0.25, 0.3) is 22.2 Å². The fourth-order valence-corrected chi connectivity index (χ4v) is 6.40. The van der Waals surface area contributed by atoms with E-state index in [2.05, 4.69) is 65.6 Å². The number of hydrogen-bond donors (Lipinski definition) is 1. The average molecular weight is 376 g/mol. The molecule has 0 saturated carbocycles. The van der Waals surface area contributed by atoms with E-state index in [1.54, 1.807) is 7.11 Å². The maximum absolute atomic E-state index is 5.44. The molecule has 0 bridgehead atoms. The van der Waals surface area contributed by atoms with Crippen LogP contribution in [-0.4, -0.2) is 12.1 Å². The molecule has 4 aromatic rings. The summed E-state index contributed by atoms with van der Waals surface area (Å²) < 4.78 is 5.78. The van der Waals surface area contributed by atoms with Crippen molar-refractivity contribution in [1.29, 1.82) is 0 Å². The van der Waals surface area contributed by atoms with Crippen LogP contribution in [0.2, 0.25) is 0 Å². The lowest BCUT2D eigenvalue weighted by Gasteiger charge is -2.12. The van der Waals surface area contributed by atoms with E-state index in [9.17, 15) is 0 Å². The van der Waals surface area contributed by atoms with Crippen molar-refractivity contribution in [3.63, 3.8) is 0 Å². The summed E-state index contributed by atoms with van der Waals surface area (Å²) in [4.78, 5) is 6.38. The first kappa shape index (κ1) is 15.9. The monoisotopic (exact) mass is 375 g/mol. The Bertz CT molecular complexity index is 1080. The Morgan fingerprint density at radius 2 is 1.58 bits per heavy atom. The van der Waals surface area contributed by atoms with E-state index in [-0.39, 0.29) is 0 Å². The molecule has 0 fully saturated rings. The first-order chi connectivity index (χ1) is 12.8. The van der Waals surface area contributed by atoms with E-state index in [1.807, 2.05) is 35.7 Å². The molecule has 0 radical (unpaired) electrons. The number of H-pyrrole nitrogens is 1. The van der Waals surface area contributed by atoms with Gasteiger partial charge >= 0.3 is 0 Å². The second kappa shape index (κ2) is 6.45. The number of hydrogen-bond acceptors (Lipinski definition) is 3. The number of ether oxygens (including phenoxy) is 1. The standard InChI is InChI=1S/C22H17NOS2/c1-24-15-8-6-7-14(13-15)21-20(16-9-2-3-10-17(16)23-21)22-25-18-11-4-5-12-19(18)26-22/h2-13,22-23H,1H3. The predicted molar refractivity (Wildman–Crippen MR) is 111 cm³/mol. The van der Waals surface area contributed by atoms with Crippen LogP contribution in [-0.2, 0) is 0 Å². The van der Waals surface area contributed by atoms with E-state index < -0.39 is 0 Å². The van der Waals surface area contributed by atoms with Crippen molar-refractivity contribution >= 4 is 34.4 Å². The SMILES string of the molecule is COc1cccc(-c2[nH]c3ccccc3c2C2Sc3ccccc3S2)c1. The Morgan fingerprint density at radius 1 is 0.846 bits per heavy atom. The molecule has 1 aliphatic heterocycles. The molecule has 0 spiro atoms. The summed E-state index contributed by atoms with van der Waals surface area (Å²) in [7, 11) is 1.71. The molecule has 0 aliphatic carbocycles. The molecule has 2 heterocycles. The van der Waals surface area contributed by atoms with Gasteiger partial charge in [0.2, 0.25) is 0 Å². The van der Waals surface area contributed by atoms with Crippen molar-refractivity contribution in [1.82, 2.24) is 4.98 Å². The molecule has 1 N–H and O–H groups in total. The Balaban J connectivity index is 1.69. The third-order valence-electron chi connectivity index (χ3n) is 4.66. The average Bonchev–Trinajstić information content (AvgIpc) is 3.29. The molecule has 1 aliphatic rings. The number of benzene rings is 3. The summed E-state index contributed by atoms with van der Waals surface area (Å²) >= 11 is 3.88. The normalized spacial score (nSPS) is 13.9. The lowest BCUT2D eigenvalue weighted by Crippen LogP contribution is -1.90. The highest BCUT2D eigenvalue weighted by molar-refractivity contribution is 8.19. The molecule has 0 atom stereocenters. The number of methoxy groups -OCH3 is 1. The second-order valence-corrected chi connectivity index (χ2v) is 8.80. The molecule has 0 saturated heterocycles. The van der Waals surface area contributed by atoms with E-state index in [1.165, 1.54) is 32.0 Å². The van der Waals surface area contributed by atoms with Gasteiger partial charge < -0.3 is 9.72 Å². The Kier molecular flexibility index (Phi) is 3.95. The van der Waals surface area contributed by atoms with Gasteiger partial charge in [-0.2, -0.15) is 0 Å². The van der Waals surface area contributed by atoms with Gasteiger partial charge in [0, 0.05) is 31.8 Å². The van der Waals surface area contributed by atoms with Crippen LogP contribution in [0.1, 0.15) is 10.1 Å². The summed E-state index contributed by atoms with van der Waals surface area (Å²) in [6.45, 7) is 0. The summed E-state index contributed by atoms with van der Waals surface area (Å²) in [6.07, 6.45) is 0. The van der Waals surface area contributed by atoms with Crippen LogP contribution < -0.4 is 4.74 Å². The van der Waals surface area contributed by atoms with Gasteiger partial charge in [0.15, 0.2) is 0 Å². The quantitative estimate of drug-likeness (QED) is 0.429. The smallest absolute Gasteiger partial charge is 0.119 e. The zero-order chi connectivity index (χ0) is 17.5. The molecule has 3 aromatic carbocycles. The van der Waals surface area contributed by atoms with Crippen LogP contribution in [0, 0.1) is 0 Å². The van der Waals surface area contributed by atoms with Crippen LogP contribution in [0.5, 0.6) is 5.75 Å². The number of nitrogens with one attached hydrogen (secondary N) is 1. The first-order valence-corrected chi connectivity index (χ1v) is 10.3. The van der Waals surface area contributed by atoms with Crippen molar-refractivity contribution in [3.05, 3.63) is 78.4 Å². The molecule has 0 amide bonds. The number of para-hydroxylation sites is 1. The number of aromatic nitrogens is 1. The van der Waals surface area contributed by atoms with Gasteiger partial charge in [-0.15, -0.1) is 23.5 Å². The maximum atomic E-state index is 5.44. The van der Waals surface area contributed by atoms with Gasteiger partial charge in [-0.05, 0) is 30.3 Å². The van der Waals surface area contributed by atoms with Gasteiger partial charge in [-0.3, -0.25) is 0 Å². The lowest BCUT2D eigenvalue weighted by molar-refractivity contribution is 0.415. The molecule has 128 valence electrons. The van der Waals surface area contributed by atoms with Crippen LogP contribution in [0.4, 0.5) is 0 Å². The highest BCUT2D eigenvalue weighted by Crippen LogP contribution is 2.59. The van der Waals surface area contributed by atoms with Crippen molar-refractivity contribution in [2.24, 2.45) is 0 Å². The predicted octanol–water partition coefficient (Wildman–Crippen LogP) is 6.74. The van der Waals surface area contributed by atoms with Gasteiger partial charge in [0.05, 0.1) is 17.4 Å². The fraction of sp³-hybridized carbons (Fsp3) is 0.0909. The molecule has 2 nitrogen and oxygen atoms in total. The van der Waals surface area contributed by atoms with Gasteiger partial charge in [-0.25, -0.2) is 0 Å². The fourth-order valence-electron chi connectivity index (χ4n) is 3.43. The molecule has 4 heteroatoms. The molecular formula is C22H17NOS2. The summed E-state index contributed by atoms with van der Waals surface area (Å²) in [5, 5.41) is 1.29. The Hall–Kier alpha value is -2.30. The number of rotatable bonds is 3. The van der Waals surface area contributed by atoms with E-state index in [0.717, 1.165) is 11.3 Å². The van der Waals surface area contributed by atoms with Gasteiger partial charge in [-0.1, -0.05) is 42.5 Å². The summed E-state index contributed by atoms with van der Waals surface area (Å²) in [5.41, 5.74) is 4.88. The molecule has 1 aromatic heterocycles. The highest BCUT2D eigenvalue weighted by Gasteiger charge is 2.29. The molecule has 5 rings (SSSR count). The lowest BCUT2D eigenvalue weighted by atomic mass is 10.1. The molecular weight excluding hydrogens is 358 g/mol. The second-order valence-electron chi connectivity index (χ2n) is 6.21. The number of thioether (sulfide) groups is 2. The third-order valence-corrected chi connectivity index (χ3v) is 7.48. The Labute approximate surface area is 161 Å². The molecule has 26 heavy (non-hydrogen) atoms. The van der Waals surface area contributed by atoms with Crippen molar-refractivity contribution < 1.29 is 4.74 Å². The van der Waals surface area contributed by atoms with E-state index >= 15 is 0 Å². The van der Waals surface area contributed by atoms with Crippen molar-refractivity contribution in [3.8, 4) is 17.0 Å². The number of fused-ring (bicyclic) bond motifs is 2. The van der Waals surface area contributed by atoms with E-state index in [0.29, 0.717) is 4.58 Å². The van der Waals surface area contributed by atoms with Crippen LogP contribution in [0.3, 0.4) is 0 Å². The zero-order valence-corrected chi connectivity index (χ0v) is 15.9. The summed E-state index contributed by atoms with van der Waals surface area (Å²) in [6, 6.07) is 25.5. The van der Waals surface area contributed by atoms with Gasteiger partial charge in [0.1, 0.15) is 5.75 Å². The number of aromatic amines is 1. The minimum atomic E-state index is 0.338. The van der Waals surface area contributed by atoms with Crippen LogP contribution >= 0.6 is 23.5 Å². The van der Waals surface area contributed by atoms with E-state index in [4.69, 9.17) is 4.74 Å². The van der Waals surface area contributed by atoms with Crippen molar-refractivity contribution in [2.45, 2.75) is 14.4 Å². The first-order valence-electron chi connectivity index (χ1n) is 8.51. The minimum absolute atomic E-state index is 0.338. The minimum Gasteiger partial charge on any atom is -0.497 e.